The fraction of sp³-hybridized carbons (Fsp3) is 0.381. The van der Waals surface area contributed by atoms with Crippen molar-refractivity contribution in [1.29, 1.82) is 0 Å². The van der Waals surface area contributed by atoms with Crippen molar-refractivity contribution in [3.05, 3.63) is 71.8 Å². The van der Waals surface area contributed by atoms with Crippen LogP contribution >= 0.6 is 0 Å². The summed E-state index contributed by atoms with van der Waals surface area (Å²) in [6, 6.07) is 21.0. The van der Waals surface area contributed by atoms with E-state index in [1.807, 2.05) is 17.0 Å². The van der Waals surface area contributed by atoms with E-state index in [0.29, 0.717) is 6.54 Å². The van der Waals surface area contributed by atoms with Crippen molar-refractivity contribution < 1.29 is 4.79 Å². The maximum atomic E-state index is 12.9. The quantitative estimate of drug-likeness (QED) is 0.880. The van der Waals surface area contributed by atoms with Gasteiger partial charge in [-0.2, -0.15) is 0 Å². The number of nitrogens with one attached hydrogen (secondary N) is 1. The number of rotatable bonds is 6. The Morgan fingerprint density at radius 3 is 2.12 bits per heavy atom. The lowest BCUT2D eigenvalue weighted by Crippen LogP contribution is -2.54. The fourth-order valence-corrected chi connectivity index (χ4v) is 3.34. The van der Waals surface area contributed by atoms with Gasteiger partial charge in [-0.05, 0) is 18.1 Å². The topological polar surface area (TPSA) is 35.6 Å². The summed E-state index contributed by atoms with van der Waals surface area (Å²) < 4.78 is 0. The summed E-state index contributed by atoms with van der Waals surface area (Å²) in [5, 5.41) is 3.34. The maximum Gasteiger partial charge on any atom is 0.237 e. The van der Waals surface area contributed by atoms with E-state index in [-0.39, 0.29) is 11.9 Å². The summed E-state index contributed by atoms with van der Waals surface area (Å²) in [5.41, 5.74) is 2.47. The van der Waals surface area contributed by atoms with Gasteiger partial charge in [-0.25, -0.2) is 0 Å². The van der Waals surface area contributed by atoms with Crippen molar-refractivity contribution in [3.63, 3.8) is 0 Å². The summed E-state index contributed by atoms with van der Waals surface area (Å²) in [7, 11) is 0. The number of nitrogens with zero attached hydrogens (tertiary/aromatic N) is 2. The second-order valence-corrected chi connectivity index (χ2v) is 6.76. The van der Waals surface area contributed by atoms with Gasteiger partial charge in [0, 0.05) is 38.8 Å². The van der Waals surface area contributed by atoms with Gasteiger partial charge in [0.05, 0.1) is 6.54 Å². The number of hydrogen-bond donors (Lipinski definition) is 1. The van der Waals surface area contributed by atoms with Crippen molar-refractivity contribution in [2.45, 2.75) is 26.1 Å². The Bertz CT molecular complexity index is 618. The molecule has 3 rings (SSSR count). The Hall–Kier alpha value is -2.17. The second-order valence-electron chi connectivity index (χ2n) is 6.76. The lowest BCUT2D eigenvalue weighted by atomic mass is 10.1. The van der Waals surface area contributed by atoms with Crippen molar-refractivity contribution in [2.75, 3.05) is 26.2 Å². The Balaban J connectivity index is 1.70. The molecule has 2 aromatic carbocycles. The summed E-state index contributed by atoms with van der Waals surface area (Å²) in [6.07, 6.45) is 0. The van der Waals surface area contributed by atoms with E-state index in [9.17, 15) is 4.79 Å². The molecule has 25 heavy (non-hydrogen) atoms. The molecule has 1 saturated heterocycles. The zero-order valence-electron chi connectivity index (χ0n) is 14.9. The molecule has 0 spiro atoms. The minimum atomic E-state index is 0.223. The van der Waals surface area contributed by atoms with E-state index in [0.717, 1.165) is 32.7 Å². The zero-order chi connectivity index (χ0) is 17.5. The molecule has 4 nitrogen and oxygen atoms in total. The number of amides is 1. The van der Waals surface area contributed by atoms with Crippen molar-refractivity contribution in [1.82, 2.24) is 15.1 Å². The van der Waals surface area contributed by atoms with E-state index in [2.05, 4.69) is 65.7 Å². The Morgan fingerprint density at radius 1 is 1.04 bits per heavy atom. The van der Waals surface area contributed by atoms with Crippen LogP contribution in [0.1, 0.15) is 18.1 Å². The first kappa shape index (κ1) is 17.6. The van der Waals surface area contributed by atoms with Gasteiger partial charge in [-0.3, -0.25) is 9.69 Å². The van der Waals surface area contributed by atoms with Crippen molar-refractivity contribution >= 4 is 5.91 Å². The highest BCUT2D eigenvalue weighted by Crippen LogP contribution is 2.12. The Morgan fingerprint density at radius 2 is 1.60 bits per heavy atom. The van der Waals surface area contributed by atoms with E-state index in [4.69, 9.17) is 0 Å². The molecule has 0 aromatic heterocycles. The molecule has 1 aliphatic heterocycles. The van der Waals surface area contributed by atoms with E-state index < -0.39 is 0 Å². The average molecular weight is 337 g/mol. The van der Waals surface area contributed by atoms with E-state index in [1.165, 1.54) is 11.1 Å². The number of benzene rings is 2. The molecule has 132 valence electrons. The van der Waals surface area contributed by atoms with E-state index in [1.54, 1.807) is 0 Å². The van der Waals surface area contributed by atoms with Crippen LogP contribution in [0.2, 0.25) is 0 Å². The monoisotopic (exact) mass is 337 g/mol. The summed E-state index contributed by atoms with van der Waals surface area (Å²) in [4.78, 5) is 17.1. The lowest BCUT2D eigenvalue weighted by molar-refractivity contribution is -0.135. The molecule has 0 radical (unpaired) electrons. The summed E-state index contributed by atoms with van der Waals surface area (Å²) in [5.74, 6) is 0.223. The number of carbonyl (C=O) groups is 1. The zero-order valence-corrected chi connectivity index (χ0v) is 14.9. The first-order valence-electron chi connectivity index (χ1n) is 9.03. The number of piperazine rings is 1. The van der Waals surface area contributed by atoms with Crippen molar-refractivity contribution in [3.8, 4) is 0 Å². The molecular formula is C21H27N3O. The molecule has 4 heteroatoms. The van der Waals surface area contributed by atoms with Gasteiger partial charge in [0.25, 0.3) is 0 Å². The molecule has 0 aliphatic carbocycles. The molecule has 1 atom stereocenters. The number of carbonyl (C=O) groups excluding carboxylic acids is 1. The first-order valence-corrected chi connectivity index (χ1v) is 9.03. The molecule has 1 aliphatic rings. The van der Waals surface area contributed by atoms with Gasteiger partial charge < -0.3 is 10.2 Å². The smallest absolute Gasteiger partial charge is 0.237 e. The summed E-state index contributed by atoms with van der Waals surface area (Å²) in [6.45, 7) is 6.68. The Kier molecular flexibility index (Phi) is 6.20. The van der Waals surface area contributed by atoms with Gasteiger partial charge in [0.1, 0.15) is 0 Å². The third-order valence-electron chi connectivity index (χ3n) is 4.68. The van der Waals surface area contributed by atoms with Gasteiger partial charge >= 0.3 is 0 Å². The molecule has 0 saturated carbocycles. The third kappa shape index (κ3) is 5.15. The Labute approximate surface area is 150 Å². The van der Waals surface area contributed by atoms with Crippen molar-refractivity contribution in [2.24, 2.45) is 0 Å². The van der Waals surface area contributed by atoms with Gasteiger partial charge in [0.15, 0.2) is 0 Å². The fourth-order valence-electron chi connectivity index (χ4n) is 3.34. The van der Waals surface area contributed by atoms with Crippen LogP contribution in [0.3, 0.4) is 0 Å². The van der Waals surface area contributed by atoms with Gasteiger partial charge in [0.2, 0.25) is 5.91 Å². The molecule has 1 unspecified atom stereocenters. The minimum absolute atomic E-state index is 0.223. The first-order chi connectivity index (χ1) is 12.2. The third-order valence-corrected chi connectivity index (χ3v) is 4.68. The largest absolute Gasteiger partial charge is 0.336 e. The normalized spacial score (nSPS) is 17.7. The van der Waals surface area contributed by atoms with Crippen LogP contribution in [-0.2, 0) is 17.9 Å². The molecular weight excluding hydrogens is 310 g/mol. The highest BCUT2D eigenvalue weighted by atomic mass is 16.2. The van der Waals surface area contributed by atoms with Crippen LogP contribution in [0.25, 0.3) is 0 Å². The molecule has 0 bridgehead atoms. The molecule has 1 heterocycles. The van der Waals surface area contributed by atoms with Crippen LogP contribution in [-0.4, -0.2) is 47.9 Å². The number of hydrogen-bond acceptors (Lipinski definition) is 3. The summed E-state index contributed by atoms with van der Waals surface area (Å²) >= 11 is 0. The highest BCUT2D eigenvalue weighted by molar-refractivity contribution is 5.78. The van der Waals surface area contributed by atoms with Crippen LogP contribution in [0.5, 0.6) is 0 Å². The minimum Gasteiger partial charge on any atom is -0.336 e. The lowest BCUT2D eigenvalue weighted by Gasteiger charge is -2.35. The SMILES string of the molecule is CC1CNCCN1C(=O)CN(Cc1ccccc1)Cc1ccccc1. The molecule has 1 N–H and O–H groups in total. The average Bonchev–Trinajstić information content (AvgIpc) is 2.63. The predicted molar refractivity (Wildman–Crippen MR) is 101 cm³/mol. The van der Waals surface area contributed by atoms with Crippen LogP contribution in [0.15, 0.2) is 60.7 Å². The molecule has 1 fully saturated rings. The second kappa shape index (κ2) is 8.79. The van der Waals surface area contributed by atoms with Crippen LogP contribution < -0.4 is 5.32 Å². The van der Waals surface area contributed by atoms with Crippen LogP contribution in [0, 0.1) is 0 Å². The molecule has 2 aromatic rings. The maximum absolute atomic E-state index is 12.9. The van der Waals surface area contributed by atoms with Gasteiger partial charge in [-0.15, -0.1) is 0 Å². The predicted octanol–water partition coefficient (Wildman–Crippen LogP) is 2.51. The van der Waals surface area contributed by atoms with Crippen LogP contribution in [0.4, 0.5) is 0 Å². The van der Waals surface area contributed by atoms with E-state index >= 15 is 0 Å². The molecule has 1 amide bonds. The highest BCUT2D eigenvalue weighted by Gasteiger charge is 2.24. The standard InChI is InChI=1S/C21H27N3O/c1-18-14-22-12-13-24(18)21(25)17-23(15-19-8-4-2-5-9-19)16-20-10-6-3-7-11-20/h2-11,18,22H,12-17H2,1H3. The van der Waals surface area contributed by atoms with Gasteiger partial charge in [-0.1, -0.05) is 60.7 Å².